The lowest BCUT2D eigenvalue weighted by atomic mass is 9.89. The monoisotopic (exact) mass is 218 g/mol. The highest BCUT2D eigenvalue weighted by atomic mass is 16.5. The summed E-state index contributed by atoms with van der Waals surface area (Å²) in [6.07, 6.45) is 1.12. The van der Waals surface area contributed by atoms with E-state index in [4.69, 9.17) is 4.74 Å². The maximum atomic E-state index is 12.0. The summed E-state index contributed by atoms with van der Waals surface area (Å²) in [5, 5.41) is 0. The largest absolute Gasteiger partial charge is 0.454 e. The zero-order valence-corrected chi connectivity index (χ0v) is 9.23. The molecule has 1 atom stereocenters. The molecule has 1 aromatic rings. The fourth-order valence-electron chi connectivity index (χ4n) is 1.92. The molecule has 3 nitrogen and oxygen atoms in total. The molecule has 1 aromatic carbocycles. The molecule has 3 heteroatoms. The van der Waals surface area contributed by atoms with Crippen LogP contribution in [0, 0.1) is 0 Å². The van der Waals surface area contributed by atoms with Gasteiger partial charge in [-0.3, -0.25) is 9.59 Å². The first-order valence-corrected chi connectivity index (χ1v) is 5.54. The SMILES string of the molecule is CCC(=O)O[C@H]1CCc2ccccc2C1=O. The fraction of sp³-hybridized carbons (Fsp3) is 0.385. The molecule has 0 saturated heterocycles. The average molecular weight is 218 g/mol. The third-order valence-corrected chi connectivity index (χ3v) is 2.81. The van der Waals surface area contributed by atoms with Crippen LogP contribution in [0.4, 0.5) is 0 Å². The van der Waals surface area contributed by atoms with Crippen molar-refractivity contribution in [2.24, 2.45) is 0 Å². The van der Waals surface area contributed by atoms with Gasteiger partial charge in [0.15, 0.2) is 6.10 Å². The van der Waals surface area contributed by atoms with Gasteiger partial charge >= 0.3 is 5.97 Å². The number of ether oxygens (including phenoxy) is 1. The molecular formula is C13H14O3. The van der Waals surface area contributed by atoms with Crippen molar-refractivity contribution >= 4 is 11.8 Å². The van der Waals surface area contributed by atoms with E-state index in [9.17, 15) is 9.59 Å². The molecule has 0 amide bonds. The summed E-state index contributed by atoms with van der Waals surface area (Å²) >= 11 is 0. The Kier molecular flexibility index (Phi) is 3.04. The molecule has 1 aliphatic carbocycles. The second-order valence-electron chi connectivity index (χ2n) is 3.89. The molecule has 0 unspecified atom stereocenters. The zero-order chi connectivity index (χ0) is 11.5. The third-order valence-electron chi connectivity index (χ3n) is 2.81. The average Bonchev–Trinajstić information content (AvgIpc) is 2.33. The van der Waals surface area contributed by atoms with E-state index in [1.807, 2.05) is 18.2 Å². The summed E-state index contributed by atoms with van der Waals surface area (Å²) in [6.45, 7) is 1.73. The van der Waals surface area contributed by atoms with Crippen LogP contribution in [0.5, 0.6) is 0 Å². The quantitative estimate of drug-likeness (QED) is 0.714. The van der Waals surface area contributed by atoms with E-state index < -0.39 is 6.10 Å². The van der Waals surface area contributed by atoms with Crippen LogP contribution in [0.15, 0.2) is 24.3 Å². The molecule has 16 heavy (non-hydrogen) atoms. The minimum absolute atomic E-state index is 0.0661. The van der Waals surface area contributed by atoms with Gasteiger partial charge in [-0.1, -0.05) is 31.2 Å². The van der Waals surface area contributed by atoms with Crippen LogP contribution in [-0.2, 0) is 16.0 Å². The Morgan fingerprint density at radius 1 is 1.44 bits per heavy atom. The van der Waals surface area contributed by atoms with E-state index in [0.717, 1.165) is 12.0 Å². The summed E-state index contributed by atoms with van der Waals surface area (Å²) in [5.74, 6) is -0.374. The molecule has 0 spiro atoms. The topological polar surface area (TPSA) is 43.4 Å². The van der Waals surface area contributed by atoms with Crippen molar-refractivity contribution < 1.29 is 14.3 Å². The van der Waals surface area contributed by atoms with Crippen LogP contribution in [0.1, 0.15) is 35.7 Å². The lowest BCUT2D eigenvalue weighted by Gasteiger charge is -2.22. The molecule has 1 aliphatic rings. The van der Waals surface area contributed by atoms with Gasteiger partial charge in [-0.15, -0.1) is 0 Å². The molecule has 2 rings (SSSR count). The van der Waals surface area contributed by atoms with Crippen molar-refractivity contribution in [1.82, 2.24) is 0 Å². The van der Waals surface area contributed by atoms with Crippen molar-refractivity contribution in [3.63, 3.8) is 0 Å². The lowest BCUT2D eigenvalue weighted by Crippen LogP contribution is -2.32. The zero-order valence-electron chi connectivity index (χ0n) is 9.23. The van der Waals surface area contributed by atoms with Crippen molar-refractivity contribution in [2.75, 3.05) is 0 Å². The third kappa shape index (κ3) is 1.98. The summed E-state index contributed by atoms with van der Waals surface area (Å²) in [7, 11) is 0. The van der Waals surface area contributed by atoms with Gasteiger partial charge in [0.2, 0.25) is 5.78 Å². The number of aryl methyl sites for hydroxylation is 1. The first kappa shape index (κ1) is 10.9. The van der Waals surface area contributed by atoms with Crippen molar-refractivity contribution in [1.29, 1.82) is 0 Å². The molecule has 0 aromatic heterocycles. The maximum absolute atomic E-state index is 12.0. The molecule has 84 valence electrons. The van der Waals surface area contributed by atoms with E-state index in [-0.39, 0.29) is 11.8 Å². The van der Waals surface area contributed by atoms with Gasteiger partial charge in [0.05, 0.1) is 0 Å². The number of esters is 1. The number of rotatable bonds is 2. The highest BCUT2D eigenvalue weighted by Crippen LogP contribution is 2.23. The van der Waals surface area contributed by atoms with E-state index in [1.54, 1.807) is 13.0 Å². The van der Waals surface area contributed by atoms with Crippen LogP contribution in [0.3, 0.4) is 0 Å². The molecular weight excluding hydrogens is 204 g/mol. The Labute approximate surface area is 94.4 Å². The van der Waals surface area contributed by atoms with Crippen LogP contribution in [0.25, 0.3) is 0 Å². The Balaban J connectivity index is 2.18. The molecule has 0 fully saturated rings. The molecule has 0 saturated carbocycles. The van der Waals surface area contributed by atoms with Crippen LogP contribution in [0.2, 0.25) is 0 Å². The van der Waals surface area contributed by atoms with E-state index in [2.05, 4.69) is 0 Å². The van der Waals surface area contributed by atoms with Crippen molar-refractivity contribution in [3.8, 4) is 0 Å². The Bertz CT molecular complexity index is 423. The summed E-state index contributed by atoms with van der Waals surface area (Å²) < 4.78 is 5.12. The number of Topliss-reactive ketones (excluding diaryl/α,β-unsaturated/α-hetero) is 1. The predicted octanol–water partition coefficient (Wildman–Crippen LogP) is 2.14. The van der Waals surface area contributed by atoms with E-state index in [1.165, 1.54) is 0 Å². The minimum atomic E-state index is -0.581. The highest BCUT2D eigenvalue weighted by molar-refractivity contribution is 6.02. The first-order valence-electron chi connectivity index (χ1n) is 5.54. The maximum Gasteiger partial charge on any atom is 0.306 e. The standard InChI is InChI=1S/C13H14O3/c1-2-12(14)16-11-8-7-9-5-3-4-6-10(9)13(11)15/h3-6,11H,2,7-8H2,1H3/t11-/m0/s1. The van der Waals surface area contributed by atoms with Crippen molar-refractivity contribution in [3.05, 3.63) is 35.4 Å². The fourth-order valence-corrected chi connectivity index (χ4v) is 1.92. The van der Waals surface area contributed by atoms with E-state index in [0.29, 0.717) is 18.4 Å². The second-order valence-corrected chi connectivity index (χ2v) is 3.89. The summed E-state index contributed by atoms with van der Waals surface area (Å²) in [5.41, 5.74) is 1.75. The molecule has 0 N–H and O–H groups in total. The first-order chi connectivity index (χ1) is 7.72. The summed E-state index contributed by atoms with van der Waals surface area (Å²) in [4.78, 5) is 23.2. The van der Waals surface area contributed by atoms with Gasteiger partial charge in [0.25, 0.3) is 0 Å². The molecule has 0 bridgehead atoms. The number of carbonyl (C=O) groups excluding carboxylic acids is 2. The van der Waals surface area contributed by atoms with Gasteiger partial charge in [-0.05, 0) is 18.4 Å². The number of hydrogen-bond donors (Lipinski definition) is 0. The number of carbonyl (C=O) groups is 2. The van der Waals surface area contributed by atoms with Crippen LogP contribution < -0.4 is 0 Å². The Morgan fingerprint density at radius 3 is 2.94 bits per heavy atom. The molecule has 0 radical (unpaired) electrons. The van der Waals surface area contributed by atoms with Gasteiger partial charge < -0.3 is 4.74 Å². The Hall–Kier alpha value is -1.64. The second kappa shape index (κ2) is 4.47. The number of fused-ring (bicyclic) bond motifs is 1. The van der Waals surface area contributed by atoms with Crippen LogP contribution >= 0.6 is 0 Å². The number of benzene rings is 1. The smallest absolute Gasteiger partial charge is 0.306 e. The van der Waals surface area contributed by atoms with Crippen LogP contribution in [-0.4, -0.2) is 17.9 Å². The lowest BCUT2D eigenvalue weighted by molar-refractivity contribution is -0.146. The number of ketones is 1. The van der Waals surface area contributed by atoms with Gasteiger partial charge in [0.1, 0.15) is 0 Å². The highest BCUT2D eigenvalue weighted by Gasteiger charge is 2.29. The van der Waals surface area contributed by atoms with Gasteiger partial charge in [-0.25, -0.2) is 0 Å². The van der Waals surface area contributed by atoms with Gasteiger partial charge in [0, 0.05) is 12.0 Å². The van der Waals surface area contributed by atoms with E-state index >= 15 is 0 Å². The number of hydrogen-bond acceptors (Lipinski definition) is 3. The molecule has 0 heterocycles. The normalized spacial score (nSPS) is 19.1. The summed E-state index contributed by atoms with van der Waals surface area (Å²) in [6, 6.07) is 7.50. The predicted molar refractivity (Wildman–Crippen MR) is 59.3 cm³/mol. The van der Waals surface area contributed by atoms with Crippen molar-refractivity contribution in [2.45, 2.75) is 32.3 Å². The Morgan fingerprint density at radius 2 is 2.19 bits per heavy atom. The van der Waals surface area contributed by atoms with Gasteiger partial charge in [-0.2, -0.15) is 0 Å². The minimum Gasteiger partial charge on any atom is -0.454 e. The molecule has 0 aliphatic heterocycles.